The predicted octanol–water partition coefficient (Wildman–Crippen LogP) is 5.25. The van der Waals surface area contributed by atoms with Crippen molar-refractivity contribution in [3.8, 4) is 0 Å². The van der Waals surface area contributed by atoms with Gasteiger partial charge in [0, 0.05) is 5.03 Å². The minimum Gasteiger partial charge on any atom is -0.369 e. The van der Waals surface area contributed by atoms with E-state index < -0.39 is 5.41 Å². The molecule has 2 N–H and O–H groups in total. The molecule has 1 fully saturated rings. The van der Waals surface area contributed by atoms with E-state index in [9.17, 15) is 4.79 Å². The van der Waals surface area contributed by atoms with Crippen LogP contribution < -0.4 is 5.73 Å². The van der Waals surface area contributed by atoms with E-state index in [1.807, 2.05) is 12.1 Å². The molecule has 3 heteroatoms. The number of aryl methyl sites for hydroxylation is 1. The van der Waals surface area contributed by atoms with Gasteiger partial charge in [-0.25, -0.2) is 0 Å². The number of hydrogen-bond acceptors (Lipinski definition) is 1. The molecule has 0 radical (unpaired) electrons. The number of benzene rings is 1. The SMILES string of the molecule is CC(C)=C(CCc1ccccc1C1(C(N)=O)CC1)/C(Cl)=C\C(C)C. The Labute approximate surface area is 150 Å². The normalized spacial score (nSPS) is 16.2. The van der Waals surface area contributed by atoms with E-state index in [1.165, 1.54) is 16.7 Å². The van der Waals surface area contributed by atoms with Crippen LogP contribution in [0.2, 0.25) is 0 Å². The van der Waals surface area contributed by atoms with Crippen LogP contribution in [0, 0.1) is 5.92 Å². The second-order valence-corrected chi connectivity index (χ2v) is 7.75. The number of amides is 1. The number of hydrogen-bond donors (Lipinski definition) is 1. The maximum absolute atomic E-state index is 11.9. The van der Waals surface area contributed by atoms with Gasteiger partial charge in [-0.15, -0.1) is 0 Å². The summed E-state index contributed by atoms with van der Waals surface area (Å²) in [4.78, 5) is 11.9. The lowest BCUT2D eigenvalue weighted by Gasteiger charge is -2.18. The molecule has 0 aromatic heterocycles. The van der Waals surface area contributed by atoms with Gasteiger partial charge in [0.25, 0.3) is 0 Å². The number of primary amides is 1. The molecule has 1 amide bonds. The Morgan fingerprint density at radius 2 is 1.92 bits per heavy atom. The molecule has 1 aliphatic rings. The highest BCUT2D eigenvalue weighted by atomic mass is 35.5. The average molecular weight is 346 g/mol. The third kappa shape index (κ3) is 4.10. The molecule has 1 aromatic carbocycles. The van der Waals surface area contributed by atoms with E-state index in [2.05, 4.69) is 45.9 Å². The zero-order valence-electron chi connectivity index (χ0n) is 15.2. The smallest absolute Gasteiger partial charge is 0.228 e. The molecule has 130 valence electrons. The highest BCUT2D eigenvalue weighted by Gasteiger charge is 2.50. The fourth-order valence-corrected chi connectivity index (χ4v) is 3.78. The first kappa shape index (κ1) is 18.8. The summed E-state index contributed by atoms with van der Waals surface area (Å²) in [5.41, 5.74) is 9.99. The fraction of sp³-hybridized carbons (Fsp3) is 0.476. The topological polar surface area (TPSA) is 43.1 Å². The molecule has 1 saturated carbocycles. The first-order chi connectivity index (χ1) is 11.3. The molecular weight excluding hydrogens is 318 g/mol. The number of nitrogens with two attached hydrogens (primary N) is 1. The Balaban J connectivity index is 2.24. The Bertz CT molecular complexity index is 677. The summed E-state index contributed by atoms with van der Waals surface area (Å²) in [7, 11) is 0. The van der Waals surface area contributed by atoms with Crippen molar-refractivity contribution in [2.24, 2.45) is 11.7 Å². The van der Waals surface area contributed by atoms with Gasteiger partial charge < -0.3 is 5.73 Å². The average Bonchev–Trinajstić information content (AvgIpc) is 3.28. The molecule has 24 heavy (non-hydrogen) atoms. The summed E-state index contributed by atoms with van der Waals surface area (Å²) >= 11 is 6.52. The maximum Gasteiger partial charge on any atom is 0.228 e. The predicted molar refractivity (Wildman–Crippen MR) is 102 cm³/mol. The third-order valence-electron chi connectivity index (χ3n) is 4.77. The maximum atomic E-state index is 11.9. The fourth-order valence-electron chi connectivity index (χ4n) is 3.24. The Kier molecular flexibility index (Phi) is 5.92. The highest BCUT2D eigenvalue weighted by molar-refractivity contribution is 6.32. The Hall–Kier alpha value is -1.54. The molecule has 0 bridgehead atoms. The van der Waals surface area contributed by atoms with Gasteiger partial charge in [-0.1, -0.05) is 61.4 Å². The van der Waals surface area contributed by atoms with Gasteiger partial charge in [0.1, 0.15) is 0 Å². The van der Waals surface area contributed by atoms with Crippen molar-refractivity contribution in [3.63, 3.8) is 0 Å². The van der Waals surface area contributed by atoms with E-state index in [4.69, 9.17) is 17.3 Å². The minimum atomic E-state index is -0.431. The first-order valence-corrected chi connectivity index (χ1v) is 9.08. The van der Waals surface area contributed by atoms with Crippen molar-refractivity contribution in [2.75, 3.05) is 0 Å². The van der Waals surface area contributed by atoms with Gasteiger partial charge in [0.05, 0.1) is 5.41 Å². The lowest BCUT2D eigenvalue weighted by molar-refractivity contribution is -0.120. The van der Waals surface area contributed by atoms with Crippen molar-refractivity contribution in [1.82, 2.24) is 0 Å². The van der Waals surface area contributed by atoms with Crippen LogP contribution in [0.4, 0.5) is 0 Å². The molecular formula is C21H28ClNO. The molecule has 0 spiro atoms. The molecule has 2 rings (SSSR count). The quantitative estimate of drug-likeness (QED) is 0.674. The van der Waals surface area contributed by atoms with Gasteiger partial charge in [0.15, 0.2) is 0 Å². The van der Waals surface area contributed by atoms with Gasteiger partial charge >= 0.3 is 0 Å². The van der Waals surface area contributed by atoms with Gasteiger partial charge in [-0.2, -0.15) is 0 Å². The second kappa shape index (κ2) is 7.57. The number of carbonyl (C=O) groups is 1. The molecule has 0 aliphatic heterocycles. The molecule has 0 heterocycles. The zero-order valence-corrected chi connectivity index (χ0v) is 15.9. The third-order valence-corrected chi connectivity index (χ3v) is 5.12. The van der Waals surface area contributed by atoms with Gasteiger partial charge in [0.2, 0.25) is 5.91 Å². The highest BCUT2D eigenvalue weighted by Crippen LogP contribution is 2.49. The van der Waals surface area contributed by atoms with Crippen molar-refractivity contribution >= 4 is 17.5 Å². The summed E-state index contributed by atoms with van der Waals surface area (Å²) in [5.74, 6) is 0.221. The van der Waals surface area contributed by atoms with Crippen LogP contribution in [0.15, 0.2) is 46.5 Å². The monoisotopic (exact) mass is 345 g/mol. The van der Waals surface area contributed by atoms with E-state index in [0.29, 0.717) is 5.92 Å². The zero-order chi connectivity index (χ0) is 17.9. The summed E-state index contributed by atoms with van der Waals surface area (Å²) in [6.45, 7) is 8.46. The second-order valence-electron chi connectivity index (χ2n) is 7.34. The standard InChI is InChI=1S/C21H28ClNO/c1-14(2)13-19(22)17(15(3)4)10-9-16-7-5-6-8-18(16)21(11-12-21)20(23)24/h5-8,13-14H,9-12H2,1-4H3,(H2,23,24)/b19-13+. The molecule has 1 aliphatic carbocycles. The lowest BCUT2D eigenvalue weighted by Crippen LogP contribution is -2.29. The molecule has 2 nitrogen and oxygen atoms in total. The van der Waals surface area contributed by atoms with Crippen molar-refractivity contribution in [1.29, 1.82) is 0 Å². The van der Waals surface area contributed by atoms with Gasteiger partial charge in [-0.3, -0.25) is 4.79 Å². The largest absolute Gasteiger partial charge is 0.369 e. The van der Waals surface area contributed by atoms with E-state index in [0.717, 1.165) is 36.3 Å². The van der Waals surface area contributed by atoms with E-state index in [1.54, 1.807) is 0 Å². The summed E-state index contributed by atoms with van der Waals surface area (Å²) in [6, 6.07) is 8.20. The first-order valence-electron chi connectivity index (χ1n) is 8.70. The number of carbonyl (C=O) groups excluding carboxylic acids is 1. The van der Waals surface area contributed by atoms with Crippen molar-refractivity contribution in [3.05, 3.63) is 57.6 Å². The lowest BCUT2D eigenvalue weighted by atomic mass is 9.87. The van der Waals surface area contributed by atoms with Crippen LogP contribution in [0.3, 0.4) is 0 Å². The molecule has 0 atom stereocenters. The number of rotatable bonds is 7. The van der Waals surface area contributed by atoms with Crippen LogP contribution in [0.25, 0.3) is 0 Å². The van der Waals surface area contributed by atoms with Crippen molar-refractivity contribution in [2.45, 2.75) is 58.8 Å². The molecule has 0 unspecified atom stereocenters. The van der Waals surface area contributed by atoms with Crippen LogP contribution in [0.5, 0.6) is 0 Å². The number of allylic oxidation sites excluding steroid dienone is 4. The summed E-state index contributed by atoms with van der Waals surface area (Å²) in [6.07, 6.45) is 5.57. The van der Waals surface area contributed by atoms with E-state index in [-0.39, 0.29) is 5.91 Å². The summed E-state index contributed by atoms with van der Waals surface area (Å²) in [5, 5.41) is 0.846. The van der Waals surface area contributed by atoms with Crippen LogP contribution >= 0.6 is 11.6 Å². The Morgan fingerprint density at radius 3 is 2.42 bits per heavy atom. The Morgan fingerprint density at radius 1 is 1.29 bits per heavy atom. The number of halogens is 1. The summed E-state index contributed by atoms with van der Waals surface area (Å²) < 4.78 is 0. The molecule has 0 saturated heterocycles. The van der Waals surface area contributed by atoms with Crippen molar-refractivity contribution < 1.29 is 4.79 Å². The minimum absolute atomic E-state index is 0.199. The van der Waals surface area contributed by atoms with Gasteiger partial charge in [-0.05, 0) is 62.1 Å². The van der Waals surface area contributed by atoms with Crippen LogP contribution in [0.1, 0.15) is 58.1 Å². The van der Waals surface area contributed by atoms with E-state index >= 15 is 0 Å². The van der Waals surface area contributed by atoms with Crippen LogP contribution in [-0.2, 0) is 16.6 Å². The molecule has 1 aromatic rings. The van der Waals surface area contributed by atoms with Crippen LogP contribution in [-0.4, -0.2) is 5.91 Å².